The molecule has 0 N–H and O–H groups in total. The summed E-state index contributed by atoms with van der Waals surface area (Å²) in [6.07, 6.45) is 1.41. The van der Waals surface area contributed by atoms with E-state index in [0.717, 1.165) is 0 Å². The minimum absolute atomic E-state index is 0.0231. The molecule has 2 aromatic rings. The van der Waals surface area contributed by atoms with Crippen molar-refractivity contribution in [2.24, 2.45) is 0 Å². The molecular weight excluding hydrogens is 253 g/mol. The van der Waals surface area contributed by atoms with Gasteiger partial charge in [-0.05, 0) is 23.6 Å². The van der Waals surface area contributed by atoms with Gasteiger partial charge in [-0.25, -0.2) is 4.39 Å². The molecule has 0 radical (unpaired) electrons. The maximum Gasteiger partial charge on any atom is 0.184 e. The van der Waals surface area contributed by atoms with Crippen molar-refractivity contribution in [2.75, 3.05) is 0 Å². The topological polar surface area (TPSA) is 47.0 Å². The number of rotatable bonds is 5. The average molecular weight is 263 g/mol. The first-order valence-corrected chi connectivity index (χ1v) is 6.27. The Morgan fingerprint density at radius 2 is 1.94 bits per heavy atom. The van der Waals surface area contributed by atoms with E-state index < -0.39 is 11.6 Å². The van der Waals surface area contributed by atoms with Crippen LogP contribution in [0.5, 0.6) is 0 Å². The lowest BCUT2D eigenvalue weighted by Crippen LogP contribution is -2.08. The van der Waals surface area contributed by atoms with Crippen molar-refractivity contribution in [3.8, 4) is 0 Å². The predicted octanol–water partition coefficient (Wildman–Crippen LogP) is 3.13. The van der Waals surface area contributed by atoms with Crippen LogP contribution in [0.1, 0.15) is 33.0 Å². The second-order valence-electron chi connectivity index (χ2n) is 3.66. The molecule has 0 aliphatic carbocycles. The third-order valence-electron chi connectivity index (χ3n) is 2.40. The Morgan fingerprint density at radius 3 is 2.61 bits per heavy atom. The molecule has 0 spiro atoms. The minimum atomic E-state index is -0.647. The van der Waals surface area contributed by atoms with Crippen LogP contribution in [0.4, 0.5) is 4.39 Å². The van der Waals surface area contributed by atoms with E-state index in [0.29, 0.717) is 4.88 Å². The Hall–Kier alpha value is -1.88. The van der Waals surface area contributed by atoms with Crippen molar-refractivity contribution in [2.45, 2.75) is 12.8 Å². The highest BCUT2D eigenvalue weighted by molar-refractivity contribution is 7.12. The van der Waals surface area contributed by atoms with Crippen LogP contribution in [0.15, 0.2) is 35.8 Å². The Balaban J connectivity index is 1.97. The normalized spacial score (nSPS) is 10.3. The molecule has 2 aromatic heterocycles. The molecule has 3 nitrogen and oxygen atoms in total. The van der Waals surface area contributed by atoms with Crippen LogP contribution in [0.2, 0.25) is 0 Å². The van der Waals surface area contributed by atoms with Crippen molar-refractivity contribution in [1.82, 2.24) is 4.98 Å². The van der Waals surface area contributed by atoms with E-state index in [-0.39, 0.29) is 24.3 Å². The maximum absolute atomic E-state index is 13.3. The summed E-state index contributed by atoms with van der Waals surface area (Å²) < 4.78 is 13.3. The summed E-state index contributed by atoms with van der Waals surface area (Å²) in [5, 5.41) is 1.80. The summed E-state index contributed by atoms with van der Waals surface area (Å²) in [6.45, 7) is 0. The number of halogens is 1. The molecule has 92 valence electrons. The molecule has 18 heavy (non-hydrogen) atoms. The van der Waals surface area contributed by atoms with Gasteiger partial charge < -0.3 is 0 Å². The average Bonchev–Trinajstić information content (AvgIpc) is 2.90. The zero-order chi connectivity index (χ0) is 13.0. The standard InChI is InChI=1S/C13H10FNO2S/c14-9-3-1-7-15-13(9)11(17)6-5-10(16)12-4-2-8-18-12/h1-4,7-8H,5-6H2. The lowest BCUT2D eigenvalue weighted by atomic mass is 10.1. The van der Waals surface area contributed by atoms with Gasteiger partial charge in [-0.1, -0.05) is 6.07 Å². The molecule has 0 aromatic carbocycles. The molecule has 0 saturated carbocycles. The zero-order valence-electron chi connectivity index (χ0n) is 9.43. The van der Waals surface area contributed by atoms with E-state index in [1.165, 1.54) is 29.7 Å². The summed E-state index contributed by atoms with van der Waals surface area (Å²) in [5.74, 6) is -1.20. The van der Waals surface area contributed by atoms with Gasteiger partial charge in [0.1, 0.15) is 5.69 Å². The molecule has 0 amide bonds. The van der Waals surface area contributed by atoms with E-state index in [4.69, 9.17) is 0 Å². The number of aromatic nitrogens is 1. The van der Waals surface area contributed by atoms with Gasteiger partial charge in [0.2, 0.25) is 0 Å². The van der Waals surface area contributed by atoms with Gasteiger partial charge in [-0.15, -0.1) is 11.3 Å². The Morgan fingerprint density at radius 1 is 1.17 bits per heavy atom. The van der Waals surface area contributed by atoms with Crippen LogP contribution in [0, 0.1) is 5.82 Å². The van der Waals surface area contributed by atoms with E-state index in [1.54, 1.807) is 17.5 Å². The quantitative estimate of drug-likeness (QED) is 0.779. The molecule has 0 bridgehead atoms. The molecule has 5 heteroatoms. The molecule has 0 saturated heterocycles. The molecule has 0 unspecified atom stereocenters. The number of nitrogens with zero attached hydrogens (tertiary/aromatic N) is 1. The van der Waals surface area contributed by atoms with Crippen LogP contribution in [0.25, 0.3) is 0 Å². The number of hydrogen-bond acceptors (Lipinski definition) is 4. The Kier molecular flexibility index (Phi) is 3.94. The van der Waals surface area contributed by atoms with Gasteiger partial charge in [0.05, 0.1) is 4.88 Å². The monoisotopic (exact) mass is 263 g/mol. The fourth-order valence-electron chi connectivity index (χ4n) is 1.50. The molecule has 0 aliphatic rings. The minimum Gasteiger partial charge on any atom is -0.293 e. The number of carbonyl (C=O) groups is 2. The number of hydrogen-bond donors (Lipinski definition) is 0. The summed E-state index contributed by atoms with van der Waals surface area (Å²) in [7, 11) is 0. The molecule has 0 aliphatic heterocycles. The number of pyridine rings is 1. The summed E-state index contributed by atoms with van der Waals surface area (Å²) >= 11 is 1.33. The lowest BCUT2D eigenvalue weighted by Gasteiger charge is -2.00. The highest BCUT2D eigenvalue weighted by Crippen LogP contribution is 2.14. The Bertz CT molecular complexity index is 566. The van der Waals surface area contributed by atoms with Crippen molar-refractivity contribution in [3.63, 3.8) is 0 Å². The third kappa shape index (κ3) is 2.87. The van der Waals surface area contributed by atoms with Crippen molar-refractivity contribution >= 4 is 22.9 Å². The smallest absolute Gasteiger partial charge is 0.184 e. The van der Waals surface area contributed by atoms with Crippen LogP contribution >= 0.6 is 11.3 Å². The van der Waals surface area contributed by atoms with Gasteiger partial charge >= 0.3 is 0 Å². The molecule has 0 atom stereocenters. The van der Waals surface area contributed by atoms with Crippen LogP contribution in [-0.4, -0.2) is 16.6 Å². The van der Waals surface area contributed by atoms with Gasteiger partial charge in [0.15, 0.2) is 17.4 Å². The van der Waals surface area contributed by atoms with Gasteiger partial charge in [-0.2, -0.15) is 0 Å². The molecule has 0 fully saturated rings. The SMILES string of the molecule is O=C(CCC(=O)c1ncccc1F)c1cccs1. The van der Waals surface area contributed by atoms with Crippen LogP contribution in [-0.2, 0) is 0 Å². The largest absolute Gasteiger partial charge is 0.293 e. The molecule has 2 rings (SSSR count). The summed E-state index contributed by atoms with van der Waals surface area (Å²) in [6, 6.07) is 6.08. The first-order valence-electron chi connectivity index (χ1n) is 5.39. The maximum atomic E-state index is 13.3. The van der Waals surface area contributed by atoms with Crippen molar-refractivity contribution < 1.29 is 14.0 Å². The van der Waals surface area contributed by atoms with E-state index in [1.807, 2.05) is 0 Å². The molecular formula is C13H10FNO2S. The van der Waals surface area contributed by atoms with Gasteiger partial charge in [0.25, 0.3) is 0 Å². The zero-order valence-corrected chi connectivity index (χ0v) is 10.2. The van der Waals surface area contributed by atoms with Crippen LogP contribution < -0.4 is 0 Å². The van der Waals surface area contributed by atoms with Crippen molar-refractivity contribution in [3.05, 3.63) is 52.2 Å². The van der Waals surface area contributed by atoms with E-state index in [2.05, 4.69) is 4.98 Å². The number of ketones is 2. The first kappa shape index (κ1) is 12.6. The highest BCUT2D eigenvalue weighted by Gasteiger charge is 2.15. The van der Waals surface area contributed by atoms with E-state index in [9.17, 15) is 14.0 Å². The number of thiophene rings is 1. The lowest BCUT2D eigenvalue weighted by molar-refractivity contribution is 0.0914. The summed E-state index contributed by atoms with van der Waals surface area (Å²) in [4.78, 5) is 27.7. The fourth-order valence-corrected chi connectivity index (χ4v) is 2.19. The fraction of sp³-hybridized carbons (Fsp3) is 0.154. The van der Waals surface area contributed by atoms with E-state index >= 15 is 0 Å². The Labute approximate surface area is 107 Å². The number of Topliss-reactive ketones (excluding diaryl/α,β-unsaturated/α-hetero) is 2. The number of carbonyl (C=O) groups excluding carboxylic acids is 2. The predicted molar refractivity (Wildman–Crippen MR) is 66.4 cm³/mol. The first-order chi connectivity index (χ1) is 8.68. The molecule has 2 heterocycles. The van der Waals surface area contributed by atoms with Crippen molar-refractivity contribution in [1.29, 1.82) is 0 Å². The second-order valence-corrected chi connectivity index (χ2v) is 4.61. The third-order valence-corrected chi connectivity index (χ3v) is 3.31. The van der Waals surface area contributed by atoms with Gasteiger partial charge in [0, 0.05) is 19.0 Å². The highest BCUT2D eigenvalue weighted by atomic mass is 32.1. The summed E-state index contributed by atoms with van der Waals surface area (Å²) in [5.41, 5.74) is -0.198. The second kappa shape index (κ2) is 5.64. The van der Waals surface area contributed by atoms with Crippen LogP contribution in [0.3, 0.4) is 0 Å². The van der Waals surface area contributed by atoms with Gasteiger partial charge in [-0.3, -0.25) is 14.6 Å².